The third kappa shape index (κ3) is 5.22. The van der Waals surface area contributed by atoms with Crippen LogP contribution in [-0.4, -0.2) is 36.9 Å². The van der Waals surface area contributed by atoms with Crippen molar-refractivity contribution in [1.82, 2.24) is 4.90 Å². The molecule has 6 heteroatoms. The number of hydrogen-bond donors (Lipinski definition) is 1. The van der Waals surface area contributed by atoms with E-state index >= 15 is 0 Å². The predicted molar refractivity (Wildman–Crippen MR) is 88.5 cm³/mol. The van der Waals surface area contributed by atoms with Crippen LogP contribution in [0, 0.1) is 12.8 Å². The number of nitrogens with zero attached hydrogens (tertiary/aromatic N) is 1. The number of rotatable bonds is 6. The van der Waals surface area contributed by atoms with Gasteiger partial charge in [0, 0.05) is 24.6 Å². The van der Waals surface area contributed by atoms with Crippen LogP contribution in [0.1, 0.15) is 26.3 Å². The molecular weight excluding hydrogens is 304 g/mol. The highest BCUT2D eigenvalue weighted by Crippen LogP contribution is 2.30. The highest BCUT2D eigenvalue weighted by Gasteiger charge is 2.16. The van der Waals surface area contributed by atoms with Gasteiger partial charge in [-0.1, -0.05) is 25.4 Å². The van der Waals surface area contributed by atoms with Crippen LogP contribution in [0.4, 0.5) is 5.69 Å². The first kappa shape index (κ1) is 18.3. The Morgan fingerprint density at radius 2 is 2.00 bits per heavy atom. The summed E-state index contributed by atoms with van der Waals surface area (Å²) in [7, 11) is 1.51. The van der Waals surface area contributed by atoms with E-state index in [4.69, 9.17) is 16.3 Å². The molecule has 0 aliphatic heterocycles. The molecule has 22 heavy (non-hydrogen) atoms. The van der Waals surface area contributed by atoms with E-state index in [1.165, 1.54) is 18.9 Å². The van der Waals surface area contributed by atoms with Gasteiger partial charge in [-0.25, -0.2) is 0 Å². The normalized spacial score (nSPS) is 10.5. The van der Waals surface area contributed by atoms with E-state index in [9.17, 15) is 9.59 Å². The van der Waals surface area contributed by atoms with Crippen molar-refractivity contribution in [2.24, 2.45) is 5.92 Å². The molecule has 0 atom stereocenters. The van der Waals surface area contributed by atoms with Crippen LogP contribution in [0.3, 0.4) is 0 Å². The number of hydrogen-bond acceptors (Lipinski definition) is 3. The fourth-order valence-electron chi connectivity index (χ4n) is 2.04. The van der Waals surface area contributed by atoms with Crippen molar-refractivity contribution in [1.29, 1.82) is 0 Å². The van der Waals surface area contributed by atoms with E-state index in [1.807, 2.05) is 20.8 Å². The third-order valence-corrected chi connectivity index (χ3v) is 3.53. The fourth-order valence-corrected chi connectivity index (χ4v) is 2.19. The molecule has 0 saturated carbocycles. The number of aryl methyl sites for hydroxylation is 1. The largest absolute Gasteiger partial charge is 0.495 e. The molecule has 0 bridgehead atoms. The maximum atomic E-state index is 12.2. The van der Waals surface area contributed by atoms with Crippen LogP contribution < -0.4 is 10.1 Å². The number of anilines is 1. The average Bonchev–Trinajstić information content (AvgIpc) is 2.41. The van der Waals surface area contributed by atoms with Crippen molar-refractivity contribution >= 4 is 29.1 Å². The fraction of sp³-hybridized carbons (Fsp3) is 0.500. The first-order chi connectivity index (χ1) is 10.2. The topological polar surface area (TPSA) is 58.6 Å². The molecule has 0 aliphatic carbocycles. The Morgan fingerprint density at radius 3 is 2.50 bits per heavy atom. The van der Waals surface area contributed by atoms with E-state index in [0.717, 1.165) is 5.56 Å². The van der Waals surface area contributed by atoms with Crippen molar-refractivity contribution in [2.75, 3.05) is 25.5 Å². The molecule has 0 aromatic heterocycles. The lowest BCUT2D eigenvalue weighted by molar-refractivity contribution is -0.133. The molecule has 0 unspecified atom stereocenters. The van der Waals surface area contributed by atoms with Gasteiger partial charge in [0.2, 0.25) is 11.8 Å². The number of methoxy groups -OCH3 is 1. The van der Waals surface area contributed by atoms with Gasteiger partial charge in [-0.05, 0) is 24.5 Å². The van der Waals surface area contributed by atoms with Crippen LogP contribution in [0.15, 0.2) is 12.1 Å². The molecule has 1 N–H and O–H groups in total. The minimum atomic E-state index is -0.268. The zero-order valence-electron chi connectivity index (χ0n) is 13.7. The Labute approximate surface area is 136 Å². The zero-order chi connectivity index (χ0) is 16.9. The maximum absolute atomic E-state index is 12.2. The first-order valence-electron chi connectivity index (χ1n) is 7.14. The SMILES string of the molecule is COc1cc(Cl)c(C)cc1NC(=O)CN(CC(C)C)C(C)=O. The Hall–Kier alpha value is -1.75. The molecule has 0 radical (unpaired) electrons. The summed E-state index contributed by atoms with van der Waals surface area (Å²) < 4.78 is 5.22. The van der Waals surface area contributed by atoms with Gasteiger partial charge in [0.1, 0.15) is 5.75 Å². The third-order valence-electron chi connectivity index (χ3n) is 3.12. The Kier molecular flexibility index (Phi) is 6.68. The summed E-state index contributed by atoms with van der Waals surface area (Å²) in [5.74, 6) is 0.394. The van der Waals surface area contributed by atoms with E-state index < -0.39 is 0 Å². The lowest BCUT2D eigenvalue weighted by Gasteiger charge is -2.22. The highest BCUT2D eigenvalue weighted by atomic mass is 35.5. The summed E-state index contributed by atoms with van der Waals surface area (Å²) in [4.78, 5) is 25.3. The molecule has 0 aliphatic rings. The highest BCUT2D eigenvalue weighted by molar-refractivity contribution is 6.31. The molecule has 122 valence electrons. The molecule has 0 saturated heterocycles. The van der Waals surface area contributed by atoms with Crippen molar-refractivity contribution in [3.05, 3.63) is 22.7 Å². The molecule has 0 spiro atoms. The lowest BCUT2D eigenvalue weighted by atomic mass is 10.2. The van der Waals surface area contributed by atoms with E-state index in [2.05, 4.69) is 5.32 Å². The number of ether oxygens (including phenoxy) is 1. The zero-order valence-corrected chi connectivity index (χ0v) is 14.5. The van der Waals surface area contributed by atoms with Gasteiger partial charge in [-0.2, -0.15) is 0 Å². The first-order valence-corrected chi connectivity index (χ1v) is 7.51. The maximum Gasteiger partial charge on any atom is 0.244 e. The van der Waals surface area contributed by atoms with Gasteiger partial charge in [0.25, 0.3) is 0 Å². The number of benzene rings is 1. The number of carbonyl (C=O) groups is 2. The van der Waals surface area contributed by atoms with Crippen LogP contribution in [0.5, 0.6) is 5.75 Å². The van der Waals surface area contributed by atoms with Crippen molar-refractivity contribution in [2.45, 2.75) is 27.7 Å². The van der Waals surface area contributed by atoms with Gasteiger partial charge in [-0.15, -0.1) is 0 Å². The monoisotopic (exact) mass is 326 g/mol. The minimum absolute atomic E-state index is 0.0122. The lowest BCUT2D eigenvalue weighted by Crippen LogP contribution is -2.38. The second-order valence-electron chi connectivity index (χ2n) is 5.64. The number of nitrogens with one attached hydrogen (secondary N) is 1. The summed E-state index contributed by atoms with van der Waals surface area (Å²) in [6.45, 7) is 7.86. The van der Waals surface area contributed by atoms with Gasteiger partial charge in [0.05, 0.1) is 19.3 Å². The second-order valence-corrected chi connectivity index (χ2v) is 6.05. The van der Waals surface area contributed by atoms with Gasteiger partial charge in [0.15, 0.2) is 0 Å². The van der Waals surface area contributed by atoms with E-state index in [-0.39, 0.29) is 18.4 Å². The van der Waals surface area contributed by atoms with E-state index in [1.54, 1.807) is 12.1 Å². The van der Waals surface area contributed by atoms with Crippen molar-refractivity contribution < 1.29 is 14.3 Å². The van der Waals surface area contributed by atoms with Gasteiger partial charge < -0.3 is 15.0 Å². The van der Waals surface area contributed by atoms with Crippen LogP contribution in [-0.2, 0) is 9.59 Å². The van der Waals surface area contributed by atoms with Crippen LogP contribution in [0.25, 0.3) is 0 Å². The summed E-state index contributed by atoms with van der Waals surface area (Å²) in [6.07, 6.45) is 0. The Bertz CT molecular complexity index is 559. The minimum Gasteiger partial charge on any atom is -0.495 e. The van der Waals surface area contributed by atoms with Crippen LogP contribution in [0.2, 0.25) is 5.02 Å². The Balaban J connectivity index is 2.84. The molecule has 5 nitrogen and oxygen atoms in total. The number of carbonyl (C=O) groups excluding carboxylic acids is 2. The summed E-state index contributed by atoms with van der Waals surface area (Å²) >= 11 is 6.04. The molecule has 0 heterocycles. The summed E-state index contributed by atoms with van der Waals surface area (Å²) in [6, 6.07) is 3.41. The second kappa shape index (κ2) is 8.03. The molecule has 2 amide bonds. The molecular formula is C16H23ClN2O3. The molecule has 0 fully saturated rings. The van der Waals surface area contributed by atoms with Crippen molar-refractivity contribution in [3.8, 4) is 5.75 Å². The van der Waals surface area contributed by atoms with E-state index in [0.29, 0.717) is 28.9 Å². The summed E-state index contributed by atoms with van der Waals surface area (Å²) in [5.41, 5.74) is 1.38. The van der Waals surface area contributed by atoms with Crippen molar-refractivity contribution in [3.63, 3.8) is 0 Å². The smallest absolute Gasteiger partial charge is 0.244 e. The predicted octanol–water partition coefficient (Wildman–Crippen LogP) is 3.10. The summed E-state index contributed by atoms with van der Waals surface area (Å²) in [5, 5.41) is 3.34. The molecule has 1 rings (SSSR count). The quantitative estimate of drug-likeness (QED) is 0.874. The van der Waals surface area contributed by atoms with Gasteiger partial charge >= 0.3 is 0 Å². The average molecular weight is 327 g/mol. The Morgan fingerprint density at radius 1 is 1.36 bits per heavy atom. The number of amides is 2. The van der Waals surface area contributed by atoms with Gasteiger partial charge in [-0.3, -0.25) is 9.59 Å². The standard InChI is InChI=1S/C16H23ClN2O3/c1-10(2)8-19(12(4)20)9-16(21)18-14-6-11(3)13(17)7-15(14)22-5/h6-7,10H,8-9H2,1-5H3,(H,18,21). The number of halogens is 1. The molecule has 1 aromatic carbocycles. The molecule has 1 aromatic rings. The van der Waals surface area contributed by atoms with Crippen LogP contribution >= 0.6 is 11.6 Å².